The van der Waals surface area contributed by atoms with Gasteiger partial charge in [0, 0.05) is 33.5 Å². The Morgan fingerprint density at radius 2 is 0.485 bits per heavy atom. The lowest BCUT2D eigenvalue weighted by atomic mass is 9.93. The molecule has 13 rings (SSSR count). The minimum atomic E-state index is 1.12. The van der Waals surface area contributed by atoms with E-state index in [0.29, 0.717) is 0 Å². The topological polar surface area (TPSA) is 6.48 Å². The summed E-state index contributed by atoms with van der Waals surface area (Å²) in [5.74, 6) is 0. The molecule has 13 aromatic rings. The Morgan fingerprint density at radius 1 is 0.227 bits per heavy atom. The molecule has 0 aliphatic heterocycles. The summed E-state index contributed by atoms with van der Waals surface area (Å²) in [5, 5.41) is 15.4. The van der Waals surface area contributed by atoms with E-state index in [2.05, 4.69) is 254 Å². The maximum absolute atomic E-state index is 2.41. The van der Waals surface area contributed by atoms with Crippen molar-refractivity contribution in [3.05, 3.63) is 242 Å². The van der Waals surface area contributed by atoms with Crippen molar-refractivity contribution in [2.24, 2.45) is 0 Å². The van der Waals surface area contributed by atoms with E-state index in [0.717, 1.165) is 22.7 Å². The molecule has 0 bridgehead atoms. The fourth-order valence-electron chi connectivity index (χ4n) is 10.5. The van der Waals surface area contributed by atoms with Gasteiger partial charge in [-0.1, -0.05) is 181 Å². The van der Waals surface area contributed by atoms with Crippen LogP contribution in [0.25, 0.3) is 86.9 Å². The fourth-order valence-corrected chi connectivity index (χ4v) is 10.5. The van der Waals surface area contributed by atoms with E-state index in [1.54, 1.807) is 0 Å². The first-order valence-corrected chi connectivity index (χ1v) is 22.9. The lowest BCUT2D eigenvalue weighted by molar-refractivity contribution is 1.29. The molecule has 0 radical (unpaired) electrons. The van der Waals surface area contributed by atoms with Gasteiger partial charge in [-0.05, 0) is 151 Å². The Labute approximate surface area is 384 Å². The van der Waals surface area contributed by atoms with Crippen LogP contribution < -0.4 is 9.80 Å². The lowest BCUT2D eigenvalue weighted by Gasteiger charge is -2.28. The van der Waals surface area contributed by atoms with Crippen LogP contribution in [0.15, 0.2) is 231 Å². The van der Waals surface area contributed by atoms with Gasteiger partial charge >= 0.3 is 0 Å². The average molecular weight is 841 g/mol. The summed E-state index contributed by atoms with van der Waals surface area (Å²) < 4.78 is 0. The number of benzene rings is 13. The molecule has 0 saturated heterocycles. The Balaban J connectivity index is 0.828. The molecule has 0 aromatic heterocycles. The first-order valence-electron chi connectivity index (χ1n) is 22.9. The number of aryl methyl sites for hydroxylation is 2. The minimum absolute atomic E-state index is 1.12. The van der Waals surface area contributed by atoms with Crippen molar-refractivity contribution in [2.75, 3.05) is 9.80 Å². The fraction of sp³-hybridized carbons (Fsp3) is 0.0312. The van der Waals surface area contributed by atoms with Crippen molar-refractivity contribution >= 4 is 98.8 Å². The standard InChI is InChI=1S/C64H44N2/c1-41-9-29-53(30-10-41)65(59-39-27-51-19-17-47-5-3-7-49-25-37-57(59)63(51)61(47)49)55-33-21-45(22-34-55)43-13-15-44(16-14-43)46-23-35-56(36-24-46)66(54-31-11-42(2)12-32-54)60-40-28-52-20-18-48-6-4-8-50-26-38-58(60)64(52)62(48)50/h3-40H,1-2H3. The second-order valence-electron chi connectivity index (χ2n) is 17.9. The number of hydrogen-bond acceptors (Lipinski definition) is 2. The molecular weight excluding hydrogens is 797 g/mol. The molecule has 66 heavy (non-hydrogen) atoms. The molecule has 0 atom stereocenters. The zero-order valence-corrected chi connectivity index (χ0v) is 36.8. The Bertz CT molecular complexity index is 3610. The predicted octanol–water partition coefficient (Wildman–Crippen LogP) is 18.4. The van der Waals surface area contributed by atoms with Gasteiger partial charge in [0.1, 0.15) is 0 Å². The van der Waals surface area contributed by atoms with Gasteiger partial charge in [0.25, 0.3) is 0 Å². The first-order chi connectivity index (χ1) is 32.5. The van der Waals surface area contributed by atoms with E-state index in [-0.39, 0.29) is 0 Å². The summed E-state index contributed by atoms with van der Waals surface area (Å²) in [5.41, 5.74) is 14.1. The van der Waals surface area contributed by atoms with E-state index in [9.17, 15) is 0 Å². The van der Waals surface area contributed by atoms with Crippen molar-refractivity contribution in [3.63, 3.8) is 0 Å². The van der Waals surface area contributed by atoms with Crippen molar-refractivity contribution < 1.29 is 0 Å². The van der Waals surface area contributed by atoms with Crippen LogP contribution in [0, 0.1) is 13.8 Å². The average Bonchev–Trinajstić information content (AvgIpc) is 3.37. The summed E-state index contributed by atoms with van der Waals surface area (Å²) in [7, 11) is 0. The van der Waals surface area contributed by atoms with E-state index in [1.807, 2.05) is 0 Å². The van der Waals surface area contributed by atoms with Gasteiger partial charge < -0.3 is 9.80 Å². The third kappa shape index (κ3) is 6.18. The largest absolute Gasteiger partial charge is 0.310 e. The second-order valence-corrected chi connectivity index (χ2v) is 17.9. The summed E-state index contributed by atoms with van der Waals surface area (Å²) in [6.07, 6.45) is 0. The summed E-state index contributed by atoms with van der Waals surface area (Å²) in [6.45, 7) is 4.30. The molecule has 0 aliphatic rings. The Morgan fingerprint density at radius 3 is 0.818 bits per heavy atom. The van der Waals surface area contributed by atoms with Gasteiger partial charge in [0.15, 0.2) is 0 Å². The first kappa shape index (κ1) is 38.0. The molecule has 310 valence electrons. The van der Waals surface area contributed by atoms with E-state index < -0.39 is 0 Å². The molecule has 0 spiro atoms. The Kier molecular flexibility index (Phi) is 8.69. The molecule has 0 fully saturated rings. The quantitative estimate of drug-likeness (QED) is 0.141. The highest BCUT2D eigenvalue weighted by Gasteiger charge is 2.21. The zero-order valence-electron chi connectivity index (χ0n) is 36.8. The molecule has 2 heteroatoms. The smallest absolute Gasteiger partial charge is 0.0540 e. The third-order valence-electron chi connectivity index (χ3n) is 13.9. The van der Waals surface area contributed by atoms with Gasteiger partial charge in [-0.15, -0.1) is 0 Å². The van der Waals surface area contributed by atoms with Gasteiger partial charge in [-0.2, -0.15) is 0 Å². The van der Waals surface area contributed by atoms with Crippen LogP contribution in [-0.4, -0.2) is 0 Å². The second kappa shape index (κ2) is 15.1. The highest BCUT2D eigenvalue weighted by atomic mass is 15.1. The van der Waals surface area contributed by atoms with Crippen molar-refractivity contribution in [2.45, 2.75) is 13.8 Å². The van der Waals surface area contributed by atoms with Crippen molar-refractivity contribution in [1.29, 1.82) is 0 Å². The Hall–Kier alpha value is -8.46. The van der Waals surface area contributed by atoms with Crippen molar-refractivity contribution in [1.82, 2.24) is 0 Å². The van der Waals surface area contributed by atoms with Crippen LogP contribution in [0.4, 0.5) is 34.1 Å². The number of hydrogen-bond donors (Lipinski definition) is 0. The molecular formula is C64H44N2. The van der Waals surface area contributed by atoms with Gasteiger partial charge in [-0.25, -0.2) is 0 Å². The van der Waals surface area contributed by atoms with Gasteiger partial charge in [-0.3, -0.25) is 0 Å². The summed E-state index contributed by atoms with van der Waals surface area (Å²) >= 11 is 0. The van der Waals surface area contributed by atoms with Gasteiger partial charge in [0.05, 0.1) is 11.4 Å². The highest BCUT2D eigenvalue weighted by molar-refractivity contribution is 6.27. The molecule has 13 aromatic carbocycles. The molecule has 0 heterocycles. The lowest BCUT2D eigenvalue weighted by Crippen LogP contribution is -2.10. The molecule has 0 saturated carbocycles. The predicted molar refractivity (Wildman–Crippen MR) is 284 cm³/mol. The van der Waals surface area contributed by atoms with Crippen LogP contribution in [0.2, 0.25) is 0 Å². The van der Waals surface area contributed by atoms with Gasteiger partial charge in [0.2, 0.25) is 0 Å². The highest BCUT2D eigenvalue weighted by Crippen LogP contribution is 2.46. The van der Waals surface area contributed by atoms with Crippen LogP contribution in [0.3, 0.4) is 0 Å². The van der Waals surface area contributed by atoms with E-state index in [4.69, 9.17) is 0 Å². The zero-order chi connectivity index (χ0) is 43.9. The normalized spacial score (nSPS) is 11.8. The summed E-state index contributed by atoms with van der Waals surface area (Å²) in [4.78, 5) is 4.82. The number of rotatable bonds is 8. The van der Waals surface area contributed by atoms with Crippen LogP contribution in [-0.2, 0) is 0 Å². The molecule has 0 N–H and O–H groups in total. The van der Waals surface area contributed by atoms with Crippen LogP contribution >= 0.6 is 0 Å². The monoisotopic (exact) mass is 840 g/mol. The number of anilines is 6. The third-order valence-corrected chi connectivity index (χ3v) is 13.9. The van der Waals surface area contributed by atoms with E-state index >= 15 is 0 Å². The maximum Gasteiger partial charge on any atom is 0.0540 e. The SMILES string of the molecule is Cc1ccc(N(c2ccc(-c3ccc(-c4ccc(N(c5ccc(C)cc5)c5ccc6ccc7cccc8ccc5c6c78)cc4)cc3)cc2)c2ccc3ccc4cccc5ccc2c3c45)cc1. The minimum Gasteiger partial charge on any atom is -0.310 e. The van der Waals surface area contributed by atoms with E-state index in [1.165, 1.54) is 109 Å². The molecule has 0 amide bonds. The summed E-state index contributed by atoms with van der Waals surface area (Å²) in [6, 6.07) is 85.4. The molecule has 0 unspecified atom stereocenters. The molecule has 0 aliphatic carbocycles. The number of nitrogens with zero attached hydrogens (tertiary/aromatic N) is 2. The maximum atomic E-state index is 2.41. The van der Waals surface area contributed by atoms with Crippen molar-refractivity contribution in [3.8, 4) is 22.3 Å². The molecule has 2 nitrogen and oxygen atoms in total. The van der Waals surface area contributed by atoms with Crippen LogP contribution in [0.5, 0.6) is 0 Å². The van der Waals surface area contributed by atoms with Crippen LogP contribution in [0.1, 0.15) is 11.1 Å².